The molecule has 5 heteroatoms. The van der Waals surface area contributed by atoms with Crippen molar-refractivity contribution in [2.45, 2.75) is 35.6 Å². The van der Waals surface area contributed by atoms with Crippen molar-refractivity contribution < 1.29 is 9.18 Å². The van der Waals surface area contributed by atoms with Crippen LogP contribution in [0.2, 0.25) is 0 Å². The summed E-state index contributed by atoms with van der Waals surface area (Å²) in [7, 11) is 0. The smallest absolute Gasteiger partial charge is 0.227 e. The highest BCUT2D eigenvalue weighted by molar-refractivity contribution is 7.99. The van der Waals surface area contributed by atoms with Crippen LogP contribution in [0.5, 0.6) is 0 Å². The maximum absolute atomic E-state index is 14.1. The van der Waals surface area contributed by atoms with E-state index in [1.54, 1.807) is 12.1 Å². The van der Waals surface area contributed by atoms with Gasteiger partial charge in [0.25, 0.3) is 0 Å². The van der Waals surface area contributed by atoms with Crippen molar-refractivity contribution in [3.8, 4) is 0 Å². The van der Waals surface area contributed by atoms with Gasteiger partial charge < -0.3 is 9.88 Å². The van der Waals surface area contributed by atoms with Gasteiger partial charge in [-0.25, -0.2) is 4.39 Å². The molecular formula is C21H21FN2OS. The summed E-state index contributed by atoms with van der Waals surface area (Å²) in [4.78, 5) is 18.7. The average molecular weight is 368 g/mol. The van der Waals surface area contributed by atoms with Gasteiger partial charge in [-0.05, 0) is 37.5 Å². The molecule has 0 radical (unpaired) electrons. The van der Waals surface area contributed by atoms with Crippen molar-refractivity contribution in [1.82, 2.24) is 9.88 Å². The van der Waals surface area contributed by atoms with Gasteiger partial charge >= 0.3 is 0 Å². The number of carbonyl (C=O) groups excluding carboxylic acids is 1. The number of hydrogen-bond acceptors (Lipinski definition) is 2. The second-order valence-corrected chi connectivity index (χ2v) is 7.68. The Morgan fingerprint density at radius 2 is 1.77 bits per heavy atom. The van der Waals surface area contributed by atoms with Crippen LogP contribution in [0.4, 0.5) is 4.39 Å². The molecule has 2 aromatic carbocycles. The molecule has 1 saturated heterocycles. The Hall–Kier alpha value is -2.27. The van der Waals surface area contributed by atoms with E-state index in [1.807, 2.05) is 35.2 Å². The number of nitrogens with one attached hydrogen (secondary N) is 1. The van der Waals surface area contributed by atoms with Crippen molar-refractivity contribution in [2.24, 2.45) is 0 Å². The first-order valence-corrected chi connectivity index (χ1v) is 9.84. The van der Waals surface area contributed by atoms with Crippen molar-refractivity contribution in [1.29, 1.82) is 0 Å². The van der Waals surface area contributed by atoms with Gasteiger partial charge in [-0.2, -0.15) is 0 Å². The van der Waals surface area contributed by atoms with Crippen molar-refractivity contribution in [3.05, 3.63) is 59.9 Å². The number of halogens is 1. The highest BCUT2D eigenvalue weighted by Crippen LogP contribution is 2.36. The summed E-state index contributed by atoms with van der Waals surface area (Å²) in [5.41, 5.74) is 1.94. The molecule has 0 saturated carbocycles. The average Bonchev–Trinajstić information content (AvgIpc) is 3.01. The van der Waals surface area contributed by atoms with Crippen LogP contribution in [0.15, 0.2) is 58.5 Å². The first-order valence-electron chi connectivity index (χ1n) is 9.02. The normalized spacial score (nSPS) is 14.7. The summed E-state index contributed by atoms with van der Waals surface area (Å²) in [6.07, 6.45) is 3.71. The fraction of sp³-hybridized carbons (Fsp3) is 0.286. The lowest BCUT2D eigenvalue weighted by molar-refractivity contribution is -0.131. The Morgan fingerprint density at radius 1 is 1.04 bits per heavy atom. The molecule has 3 aromatic rings. The quantitative estimate of drug-likeness (QED) is 0.702. The van der Waals surface area contributed by atoms with E-state index in [-0.39, 0.29) is 11.7 Å². The first kappa shape index (κ1) is 17.2. The summed E-state index contributed by atoms with van der Waals surface area (Å²) < 4.78 is 14.1. The zero-order valence-corrected chi connectivity index (χ0v) is 15.3. The van der Waals surface area contributed by atoms with Crippen LogP contribution in [0.3, 0.4) is 0 Å². The standard InChI is InChI=1S/C21H21FN2OS/c22-17-9-3-5-11-19(17)26-21-16(15-8-2-4-10-18(15)23-21)14-20(25)24-12-6-1-7-13-24/h2-5,8-11,23H,1,6-7,12-14H2. The number of nitrogens with zero attached hydrogens (tertiary/aromatic N) is 1. The topological polar surface area (TPSA) is 36.1 Å². The molecule has 0 aliphatic carbocycles. The van der Waals surface area contributed by atoms with Crippen molar-refractivity contribution >= 4 is 28.6 Å². The fourth-order valence-electron chi connectivity index (χ4n) is 3.48. The minimum atomic E-state index is -0.246. The molecule has 1 N–H and O–H groups in total. The lowest BCUT2D eigenvalue weighted by atomic mass is 10.1. The molecule has 1 aliphatic heterocycles. The maximum atomic E-state index is 14.1. The zero-order valence-electron chi connectivity index (χ0n) is 14.5. The first-order chi connectivity index (χ1) is 12.7. The molecular weight excluding hydrogens is 347 g/mol. The van der Waals surface area contributed by atoms with Crippen LogP contribution in [-0.2, 0) is 11.2 Å². The van der Waals surface area contributed by atoms with Crippen molar-refractivity contribution in [2.75, 3.05) is 13.1 Å². The third-order valence-corrected chi connectivity index (χ3v) is 5.96. The minimum Gasteiger partial charge on any atom is -0.349 e. The number of rotatable bonds is 4. The van der Waals surface area contributed by atoms with Gasteiger partial charge in [-0.15, -0.1) is 0 Å². The Bertz CT molecular complexity index is 931. The number of benzene rings is 2. The number of likely N-dealkylation sites (tertiary alicyclic amines) is 1. The van der Waals surface area contributed by atoms with Crippen LogP contribution < -0.4 is 0 Å². The molecule has 0 unspecified atom stereocenters. The predicted molar refractivity (Wildman–Crippen MR) is 103 cm³/mol. The summed E-state index contributed by atoms with van der Waals surface area (Å²) in [5, 5.41) is 1.89. The Kier molecular flexibility index (Phi) is 4.98. The monoisotopic (exact) mass is 368 g/mol. The highest BCUT2D eigenvalue weighted by Gasteiger charge is 2.21. The van der Waals surface area contributed by atoms with Crippen LogP contribution in [0.1, 0.15) is 24.8 Å². The van der Waals surface area contributed by atoms with E-state index in [1.165, 1.54) is 24.2 Å². The molecule has 0 atom stereocenters. The molecule has 26 heavy (non-hydrogen) atoms. The van der Waals surface area contributed by atoms with Gasteiger partial charge in [0, 0.05) is 34.5 Å². The number of amides is 1. The number of aromatic amines is 1. The van der Waals surface area contributed by atoms with Gasteiger partial charge in [-0.3, -0.25) is 4.79 Å². The number of aromatic nitrogens is 1. The summed E-state index contributed by atoms with van der Waals surface area (Å²) in [6.45, 7) is 1.69. The van der Waals surface area contributed by atoms with Gasteiger partial charge in [-0.1, -0.05) is 42.1 Å². The van der Waals surface area contributed by atoms with E-state index in [2.05, 4.69) is 4.98 Å². The van der Waals surface area contributed by atoms with E-state index < -0.39 is 0 Å². The molecule has 2 heterocycles. The lowest BCUT2D eigenvalue weighted by Crippen LogP contribution is -2.36. The lowest BCUT2D eigenvalue weighted by Gasteiger charge is -2.26. The number of hydrogen-bond donors (Lipinski definition) is 1. The van der Waals surface area contributed by atoms with Crippen LogP contribution in [-0.4, -0.2) is 28.9 Å². The van der Waals surface area contributed by atoms with Crippen LogP contribution >= 0.6 is 11.8 Å². The largest absolute Gasteiger partial charge is 0.349 e. The molecule has 0 bridgehead atoms. The van der Waals surface area contributed by atoms with Gasteiger partial charge in [0.05, 0.1) is 11.4 Å². The summed E-state index contributed by atoms with van der Waals surface area (Å²) in [5.74, 6) is -0.0886. The molecule has 4 rings (SSSR count). The molecule has 3 nitrogen and oxygen atoms in total. The second kappa shape index (κ2) is 7.54. The second-order valence-electron chi connectivity index (χ2n) is 6.63. The molecule has 0 spiro atoms. The van der Waals surface area contributed by atoms with Crippen molar-refractivity contribution in [3.63, 3.8) is 0 Å². The number of piperidine rings is 1. The minimum absolute atomic E-state index is 0.157. The van der Waals surface area contributed by atoms with Crippen LogP contribution in [0, 0.1) is 5.82 Å². The third-order valence-electron chi connectivity index (χ3n) is 4.86. The number of para-hydroxylation sites is 1. The summed E-state index contributed by atoms with van der Waals surface area (Å²) in [6, 6.07) is 14.7. The van der Waals surface area contributed by atoms with E-state index in [9.17, 15) is 9.18 Å². The Morgan fingerprint density at radius 3 is 2.58 bits per heavy atom. The van der Waals surface area contributed by atoms with E-state index in [4.69, 9.17) is 0 Å². The summed E-state index contributed by atoms with van der Waals surface area (Å²) >= 11 is 1.35. The maximum Gasteiger partial charge on any atom is 0.227 e. The van der Waals surface area contributed by atoms with Gasteiger partial charge in [0.1, 0.15) is 5.82 Å². The molecule has 1 fully saturated rings. The van der Waals surface area contributed by atoms with E-state index in [0.29, 0.717) is 11.3 Å². The highest BCUT2D eigenvalue weighted by atomic mass is 32.2. The Labute approximate surface area is 156 Å². The molecule has 134 valence electrons. The number of carbonyl (C=O) groups is 1. The SMILES string of the molecule is O=C(Cc1c(Sc2ccccc2F)[nH]c2ccccc12)N1CCCCC1. The predicted octanol–water partition coefficient (Wildman–Crippen LogP) is 5.01. The zero-order chi connectivity index (χ0) is 17.9. The van der Waals surface area contributed by atoms with E-state index >= 15 is 0 Å². The number of H-pyrrole nitrogens is 1. The van der Waals surface area contributed by atoms with Crippen LogP contribution in [0.25, 0.3) is 10.9 Å². The molecule has 1 amide bonds. The van der Waals surface area contributed by atoms with Gasteiger partial charge in [0.15, 0.2) is 0 Å². The molecule has 1 aromatic heterocycles. The Balaban J connectivity index is 1.67. The van der Waals surface area contributed by atoms with E-state index in [0.717, 1.165) is 47.4 Å². The molecule has 1 aliphatic rings. The fourth-order valence-corrected chi connectivity index (χ4v) is 4.48. The number of fused-ring (bicyclic) bond motifs is 1. The van der Waals surface area contributed by atoms with Gasteiger partial charge in [0.2, 0.25) is 5.91 Å². The third kappa shape index (κ3) is 3.49.